The molecule has 3 rings (SSSR count). The Bertz CT molecular complexity index is 1020. The average molecular weight is 427 g/mol. The van der Waals surface area contributed by atoms with E-state index in [1.54, 1.807) is 24.4 Å². The Morgan fingerprint density at radius 3 is 2.50 bits per heavy atom. The van der Waals surface area contributed by atoms with Crippen molar-refractivity contribution in [3.05, 3.63) is 60.3 Å². The second-order valence-electron chi connectivity index (χ2n) is 6.26. The van der Waals surface area contributed by atoms with Gasteiger partial charge in [0.2, 0.25) is 0 Å². The van der Waals surface area contributed by atoms with Crippen LogP contribution in [0.25, 0.3) is 10.4 Å². The van der Waals surface area contributed by atoms with E-state index in [4.69, 9.17) is 9.47 Å². The summed E-state index contributed by atoms with van der Waals surface area (Å²) in [5.74, 6) is -0.0698. The van der Waals surface area contributed by atoms with E-state index in [0.717, 1.165) is 10.4 Å². The molecule has 2 amide bonds. The molecule has 2 aromatic carbocycles. The minimum Gasteiger partial charge on any atom is -0.493 e. The Balaban J connectivity index is 1.75. The third-order valence-corrected chi connectivity index (χ3v) is 5.17. The number of benzene rings is 2. The van der Waals surface area contributed by atoms with Gasteiger partial charge >= 0.3 is 12.0 Å². The molecule has 0 saturated carbocycles. The van der Waals surface area contributed by atoms with Crippen LogP contribution in [0.2, 0.25) is 0 Å². The van der Waals surface area contributed by atoms with Crippen molar-refractivity contribution in [2.45, 2.75) is 6.54 Å². The monoisotopic (exact) mass is 427 g/mol. The van der Waals surface area contributed by atoms with Gasteiger partial charge in [-0.25, -0.2) is 9.78 Å². The highest BCUT2D eigenvalue weighted by molar-refractivity contribution is 7.19. The number of hydrogen-bond donors (Lipinski definition) is 2. The van der Waals surface area contributed by atoms with E-state index in [-0.39, 0.29) is 6.54 Å². The number of carboxylic acid groups (broad SMARTS) is 1. The summed E-state index contributed by atoms with van der Waals surface area (Å²) >= 11 is 1.31. The van der Waals surface area contributed by atoms with Crippen molar-refractivity contribution in [2.24, 2.45) is 0 Å². The van der Waals surface area contributed by atoms with Gasteiger partial charge in [-0.2, -0.15) is 0 Å². The molecule has 0 radical (unpaired) electrons. The molecular weight excluding hydrogens is 406 g/mol. The molecule has 0 spiro atoms. The predicted molar refractivity (Wildman–Crippen MR) is 114 cm³/mol. The van der Waals surface area contributed by atoms with E-state index in [2.05, 4.69) is 10.3 Å². The van der Waals surface area contributed by atoms with Gasteiger partial charge in [0.05, 0.1) is 19.1 Å². The number of aromatic nitrogens is 1. The highest BCUT2D eigenvalue weighted by Gasteiger charge is 2.19. The molecule has 0 aliphatic heterocycles. The molecule has 8 nitrogen and oxygen atoms in total. The molecule has 2 N–H and O–H groups in total. The van der Waals surface area contributed by atoms with Crippen molar-refractivity contribution >= 4 is 28.5 Å². The number of carbonyl (C=O) groups is 2. The SMILES string of the molecule is COc1ccc(CN(CC(=O)O)C(=O)Nc2ncc(-c3ccccc3)s2)cc1OC. The molecule has 1 aromatic heterocycles. The Morgan fingerprint density at radius 2 is 1.83 bits per heavy atom. The maximum Gasteiger partial charge on any atom is 0.324 e. The number of nitrogens with zero attached hydrogens (tertiary/aromatic N) is 2. The minimum absolute atomic E-state index is 0.0788. The van der Waals surface area contributed by atoms with Gasteiger partial charge < -0.3 is 19.5 Å². The molecule has 30 heavy (non-hydrogen) atoms. The third-order valence-electron chi connectivity index (χ3n) is 4.21. The van der Waals surface area contributed by atoms with Crippen LogP contribution >= 0.6 is 11.3 Å². The zero-order valence-corrected chi connectivity index (χ0v) is 17.3. The maximum atomic E-state index is 12.7. The number of aliphatic carboxylic acids is 1. The quantitative estimate of drug-likeness (QED) is 0.565. The van der Waals surface area contributed by atoms with Crippen molar-refractivity contribution in [2.75, 3.05) is 26.1 Å². The molecule has 0 aliphatic rings. The van der Waals surface area contributed by atoms with E-state index >= 15 is 0 Å². The van der Waals surface area contributed by atoms with E-state index in [1.807, 2.05) is 30.3 Å². The lowest BCUT2D eigenvalue weighted by Gasteiger charge is -2.21. The van der Waals surface area contributed by atoms with Gasteiger partial charge in [0.1, 0.15) is 6.54 Å². The topological polar surface area (TPSA) is 101 Å². The number of carbonyl (C=O) groups excluding carboxylic acids is 1. The first-order valence-corrected chi connectivity index (χ1v) is 9.81. The number of amides is 2. The van der Waals surface area contributed by atoms with Crippen molar-refractivity contribution in [1.82, 2.24) is 9.88 Å². The molecule has 1 heterocycles. The standard InChI is InChI=1S/C21H21N3O5S/c1-28-16-9-8-14(10-17(16)29-2)12-24(13-19(25)26)21(27)23-20-22-11-18(30-20)15-6-4-3-5-7-15/h3-11H,12-13H2,1-2H3,(H,25,26)(H,22,23,27). The normalized spacial score (nSPS) is 10.3. The maximum absolute atomic E-state index is 12.7. The Hall–Kier alpha value is -3.59. The zero-order valence-electron chi connectivity index (χ0n) is 16.5. The van der Waals surface area contributed by atoms with Gasteiger partial charge in [0, 0.05) is 12.7 Å². The number of nitrogens with one attached hydrogen (secondary N) is 1. The average Bonchev–Trinajstić information content (AvgIpc) is 3.22. The molecule has 0 atom stereocenters. The van der Waals surface area contributed by atoms with Gasteiger partial charge in [-0.15, -0.1) is 0 Å². The van der Waals surface area contributed by atoms with Crippen molar-refractivity contribution < 1.29 is 24.2 Å². The second kappa shape index (κ2) is 9.75. The molecule has 0 aliphatic carbocycles. The zero-order chi connectivity index (χ0) is 21.5. The van der Waals surface area contributed by atoms with Crippen molar-refractivity contribution in [1.29, 1.82) is 0 Å². The lowest BCUT2D eigenvalue weighted by atomic mass is 10.2. The van der Waals surface area contributed by atoms with Crippen molar-refractivity contribution in [3.63, 3.8) is 0 Å². The number of hydrogen-bond acceptors (Lipinski definition) is 6. The van der Waals surface area contributed by atoms with E-state index in [0.29, 0.717) is 22.2 Å². The molecule has 0 bridgehead atoms. The number of anilines is 1. The summed E-state index contributed by atoms with van der Waals surface area (Å²) in [7, 11) is 3.04. The lowest BCUT2D eigenvalue weighted by Crippen LogP contribution is -2.38. The summed E-state index contributed by atoms with van der Waals surface area (Å²) < 4.78 is 10.5. The summed E-state index contributed by atoms with van der Waals surface area (Å²) in [4.78, 5) is 30.3. The first-order chi connectivity index (χ1) is 14.5. The first-order valence-electron chi connectivity index (χ1n) is 9.00. The molecule has 0 saturated heterocycles. The predicted octanol–water partition coefficient (Wildman–Crippen LogP) is 3.95. The van der Waals surface area contributed by atoms with Crippen LogP contribution < -0.4 is 14.8 Å². The Kier molecular flexibility index (Phi) is 6.87. The summed E-state index contributed by atoms with van der Waals surface area (Å²) in [6, 6.07) is 14.3. The summed E-state index contributed by atoms with van der Waals surface area (Å²) in [6.45, 7) is -0.382. The fraction of sp³-hybridized carbons (Fsp3) is 0.190. The fourth-order valence-corrected chi connectivity index (χ4v) is 3.61. The van der Waals surface area contributed by atoms with Crippen LogP contribution in [0.3, 0.4) is 0 Å². The van der Waals surface area contributed by atoms with Crippen LogP contribution in [0, 0.1) is 0 Å². The van der Waals surface area contributed by atoms with E-state index in [9.17, 15) is 14.7 Å². The molecule has 3 aromatic rings. The van der Waals surface area contributed by atoms with Crippen molar-refractivity contribution in [3.8, 4) is 21.9 Å². The Labute approximate surface area is 177 Å². The molecular formula is C21H21N3O5S. The molecule has 0 fully saturated rings. The molecule has 0 unspecified atom stereocenters. The summed E-state index contributed by atoms with van der Waals surface area (Å²) in [6.07, 6.45) is 1.67. The summed E-state index contributed by atoms with van der Waals surface area (Å²) in [5, 5.41) is 12.3. The minimum atomic E-state index is -1.12. The van der Waals surface area contributed by atoms with Gasteiger partial charge in [0.15, 0.2) is 16.6 Å². The second-order valence-corrected chi connectivity index (χ2v) is 7.30. The van der Waals surface area contributed by atoms with Gasteiger partial charge in [-0.05, 0) is 23.3 Å². The van der Waals surface area contributed by atoms with Crippen LogP contribution in [0.1, 0.15) is 5.56 Å². The van der Waals surface area contributed by atoms with Crippen LogP contribution in [-0.4, -0.2) is 47.8 Å². The lowest BCUT2D eigenvalue weighted by molar-refractivity contribution is -0.137. The number of methoxy groups -OCH3 is 2. The highest BCUT2D eigenvalue weighted by atomic mass is 32.1. The molecule has 156 valence electrons. The largest absolute Gasteiger partial charge is 0.493 e. The van der Waals surface area contributed by atoms with E-state index in [1.165, 1.54) is 30.5 Å². The summed E-state index contributed by atoms with van der Waals surface area (Å²) in [5.41, 5.74) is 1.69. The smallest absolute Gasteiger partial charge is 0.324 e. The third kappa shape index (κ3) is 5.26. The Morgan fingerprint density at radius 1 is 1.10 bits per heavy atom. The first kappa shape index (κ1) is 21.1. The number of thiazole rings is 1. The van der Waals surface area contributed by atoms with Crippen LogP contribution in [0.4, 0.5) is 9.93 Å². The molecule has 9 heteroatoms. The van der Waals surface area contributed by atoms with E-state index < -0.39 is 18.5 Å². The van der Waals surface area contributed by atoms with Gasteiger partial charge in [-0.1, -0.05) is 47.7 Å². The van der Waals surface area contributed by atoms with Crippen LogP contribution in [-0.2, 0) is 11.3 Å². The number of carboxylic acids is 1. The highest BCUT2D eigenvalue weighted by Crippen LogP contribution is 2.30. The van der Waals surface area contributed by atoms with Crippen LogP contribution in [0.5, 0.6) is 11.5 Å². The van der Waals surface area contributed by atoms with Gasteiger partial charge in [-0.3, -0.25) is 10.1 Å². The number of urea groups is 1. The van der Waals surface area contributed by atoms with Crippen LogP contribution in [0.15, 0.2) is 54.7 Å². The van der Waals surface area contributed by atoms with Gasteiger partial charge in [0.25, 0.3) is 0 Å². The number of rotatable bonds is 8. The number of ether oxygens (including phenoxy) is 2. The fourth-order valence-electron chi connectivity index (χ4n) is 2.80.